The second kappa shape index (κ2) is 5.96. The minimum atomic E-state index is -3.17. The third kappa shape index (κ3) is 4.06. The number of sulfone groups is 1. The van der Waals surface area contributed by atoms with E-state index in [4.69, 9.17) is 9.84 Å². The van der Waals surface area contributed by atoms with Crippen LogP contribution in [0.1, 0.15) is 10.5 Å². The average Bonchev–Trinajstić information content (AvgIpc) is 2.83. The molecule has 1 aromatic carbocycles. The van der Waals surface area contributed by atoms with E-state index < -0.39 is 15.8 Å². The number of hydrogen-bond donors (Lipinski definition) is 1. The molecule has 0 amide bonds. The van der Waals surface area contributed by atoms with Crippen LogP contribution in [0.25, 0.3) is 5.69 Å². The van der Waals surface area contributed by atoms with E-state index in [9.17, 15) is 13.2 Å². The first-order valence-corrected chi connectivity index (χ1v) is 8.12. The van der Waals surface area contributed by atoms with Gasteiger partial charge in [0.05, 0.1) is 17.6 Å². The Kier molecular flexibility index (Phi) is 4.27. The molecule has 0 radical (unpaired) electrons. The molecule has 7 nitrogen and oxygen atoms in total. The first kappa shape index (κ1) is 15.0. The smallest absolute Gasteiger partial charge is 0.360 e. The summed E-state index contributed by atoms with van der Waals surface area (Å²) in [7, 11) is -3.17. The number of rotatable bonds is 6. The van der Waals surface area contributed by atoms with Crippen LogP contribution < -0.4 is 4.74 Å². The lowest BCUT2D eigenvalue weighted by atomic mass is 10.3. The molecule has 0 unspecified atom stereocenters. The van der Waals surface area contributed by atoms with Gasteiger partial charge in [0, 0.05) is 6.26 Å². The van der Waals surface area contributed by atoms with Gasteiger partial charge >= 0.3 is 5.97 Å². The number of benzene rings is 1. The Hall–Kier alpha value is -2.35. The number of para-hydroxylation sites is 1. The molecular formula is C13H14N2O5S. The van der Waals surface area contributed by atoms with Crippen LogP contribution in [0.2, 0.25) is 0 Å². The quantitative estimate of drug-likeness (QED) is 0.854. The second-order valence-electron chi connectivity index (χ2n) is 4.41. The molecule has 112 valence electrons. The minimum Gasteiger partial charge on any atom is -0.488 e. The Morgan fingerprint density at radius 2 is 2.00 bits per heavy atom. The predicted molar refractivity (Wildman–Crippen MR) is 75.7 cm³/mol. The van der Waals surface area contributed by atoms with Gasteiger partial charge in [-0.15, -0.1) is 0 Å². The van der Waals surface area contributed by atoms with Gasteiger partial charge in [-0.3, -0.25) is 0 Å². The Morgan fingerprint density at radius 1 is 1.33 bits per heavy atom. The van der Waals surface area contributed by atoms with Crippen molar-refractivity contribution < 1.29 is 23.1 Å². The van der Waals surface area contributed by atoms with Crippen molar-refractivity contribution >= 4 is 15.8 Å². The summed E-state index contributed by atoms with van der Waals surface area (Å²) >= 11 is 0. The van der Waals surface area contributed by atoms with Crippen LogP contribution in [-0.4, -0.2) is 47.9 Å². The topological polar surface area (TPSA) is 98.5 Å². The highest BCUT2D eigenvalue weighted by atomic mass is 32.2. The molecule has 0 fully saturated rings. The molecular weight excluding hydrogens is 296 g/mol. The number of nitrogens with zero attached hydrogens (tertiary/aromatic N) is 2. The van der Waals surface area contributed by atoms with Gasteiger partial charge in [-0.1, -0.05) is 18.2 Å². The lowest BCUT2D eigenvalue weighted by molar-refractivity contribution is 0.0685. The summed E-state index contributed by atoms with van der Waals surface area (Å²) in [5, 5.41) is 13.0. The van der Waals surface area contributed by atoms with Gasteiger partial charge in [0.2, 0.25) is 5.69 Å². The van der Waals surface area contributed by atoms with Crippen molar-refractivity contribution in [3.63, 3.8) is 0 Å². The fourth-order valence-corrected chi connectivity index (χ4v) is 2.01. The molecule has 2 rings (SSSR count). The molecule has 1 N–H and O–H groups in total. The van der Waals surface area contributed by atoms with E-state index in [1.54, 1.807) is 24.3 Å². The summed E-state index contributed by atoms with van der Waals surface area (Å²) in [6, 6.07) is 8.94. The van der Waals surface area contributed by atoms with Crippen LogP contribution in [0.4, 0.5) is 0 Å². The van der Waals surface area contributed by atoms with Crippen LogP contribution in [0.3, 0.4) is 0 Å². The molecule has 0 saturated carbocycles. The number of hydrogen-bond acceptors (Lipinski definition) is 5. The van der Waals surface area contributed by atoms with E-state index in [1.165, 1.54) is 10.9 Å². The van der Waals surface area contributed by atoms with Crippen molar-refractivity contribution in [3.05, 3.63) is 42.2 Å². The molecule has 0 atom stereocenters. The molecule has 0 bridgehead atoms. The molecule has 0 aliphatic rings. The normalized spacial score (nSPS) is 11.3. The highest BCUT2D eigenvalue weighted by Crippen LogP contribution is 2.19. The number of carboxylic acid groups (broad SMARTS) is 1. The number of carbonyl (C=O) groups is 1. The van der Waals surface area contributed by atoms with Crippen molar-refractivity contribution in [2.75, 3.05) is 18.6 Å². The first-order chi connectivity index (χ1) is 9.87. The SMILES string of the molecule is CS(=O)(=O)CCOc1cn(-c2ccccc2)nc1C(=O)O. The van der Waals surface area contributed by atoms with Crippen LogP contribution in [0.5, 0.6) is 5.75 Å². The third-order valence-electron chi connectivity index (χ3n) is 2.62. The van der Waals surface area contributed by atoms with Gasteiger partial charge < -0.3 is 9.84 Å². The van der Waals surface area contributed by atoms with Crippen molar-refractivity contribution in [1.29, 1.82) is 0 Å². The fourth-order valence-electron chi connectivity index (χ4n) is 1.63. The Balaban J connectivity index is 2.24. The zero-order valence-electron chi connectivity index (χ0n) is 11.3. The van der Waals surface area contributed by atoms with Gasteiger partial charge in [-0.25, -0.2) is 17.9 Å². The van der Waals surface area contributed by atoms with Crippen molar-refractivity contribution in [1.82, 2.24) is 9.78 Å². The van der Waals surface area contributed by atoms with E-state index in [2.05, 4.69) is 5.10 Å². The van der Waals surface area contributed by atoms with Crippen molar-refractivity contribution in [3.8, 4) is 11.4 Å². The minimum absolute atomic E-state index is 0.0370. The molecule has 0 aliphatic carbocycles. The van der Waals surface area contributed by atoms with Crippen LogP contribution >= 0.6 is 0 Å². The Bertz CT molecular complexity index is 737. The zero-order valence-corrected chi connectivity index (χ0v) is 12.1. The number of carboxylic acids is 1. The Morgan fingerprint density at radius 3 is 2.57 bits per heavy atom. The van der Waals surface area contributed by atoms with Gasteiger partial charge in [0.15, 0.2) is 15.6 Å². The van der Waals surface area contributed by atoms with Gasteiger partial charge in [-0.05, 0) is 12.1 Å². The van der Waals surface area contributed by atoms with Gasteiger partial charge in [-0.2, -0.15) is 5.10 Å². The van der Waals surface area contributed by atoms with Crippen LogP contribution in [-0.2, 0) is 9.84 Å². The zero-order chi connectivity index (χ0) is 15.5. The van der Waals surface area contributed by atoms with E-state index in [0.717, 1.165) is 6.26 Å². The number of ether oxygens (including phenoxy) is 1. The summed E-state index contributed by atoms with van der Waals surface area (Å²) < 4.78 is 28.7. The molecule has 1 heterocycles. The number of aromatic carboxylic acids is 1. The summed E-state index contributed by atoms with van der Waals surface area (Å²) in [4.78, 5) is 11.2. The lowest BCUT2D eigenvalue weighted by Crippen LogP contribution is -2.13. The third-order valence-corrected chi connectivity index (χ3v) is 3.52. The lowest BCUT2D eigenvalue weighted by Gasteiger charge is -2.02. The highest BCUT2D eigenvalue weighted by molar-refractivity contribution is 7.90. The summed E-state index contributed by atoms with van der Waals surface area (Å²) in [6.45, 7) is -0.125. The largest absolute Gasteiger partial charge is 0.488 e. The molecule has 21 heavy (non-hydrogen) atoms. The van der Waals surface area contributed by atoms with E-state index in [1.807, 2.05) is 6.07 Å². The summed E-state index contributed by atoms with van der Waals surface area (Å²) in [6.07, 6.45) is 2.50. The summed E-state index contributed by atoms with van der Waals surface area (Å²) in [5.41, 5.74) is 0.422. The average molecular weight is 310 g/mol. The molecule has 1 aromatic heterocycles. The standard InChI is InChI=1S/C13H14N2O5S/c1-21(18,19)8-7-20-11-9-15(14-12(11)13(16)17)10-5-3-2-4-6-10/h2-6,9H,7-8H2,1H3,(H,16,17). The molecule has 0 saturated heterocycles. The van der Waals surface area contributed by atoms with Gasteiger partial charge in [0.25, 0.3) is 0 Å². The maximum Gasteiger partial charge on any atom is 0.360 e. The molecule has 2 aromatic rings. The van der Waals surface area contributed by atoms with Gasteiger partial charge in [0.1, 0.15) is 6.61 Å². The van der Waals surface area contributed by atoms with E-state index in [-0.39, 0.29) is 23.8 Å². The van der Waals surface area contributed by atoms with E-state index >= 15 is 0 Å². The first-order valence-electron chi connectivity index (χ1n) is 6.06. The van der Waals surface area contributed by atoms with Crippen molar-refractivity contribution in [2.45, 2.75) is 0 Å². The van der Waals surface area contributed by atoms with E-state index in [0.29, 0.717) is 5.69 Å². The molecule has 0 spiro atoms. The molecule has 8 heteroatoms. The monoisotopic (exact) mass is 310 g/mol. The predicted octanol–water partition coefficient (Wildman–Crippen LogP) is 0.994. The fraction of sp³-hybridized carbons (Fsp3) is 0.231. The van der Waals surface area contributed by atoms with Crippen molar-refractivity contribution in [2.24, 2.45) is 0 Å². The van der Waals surface area contributed by atoms with Crippen LogP contribution in [0.15, 0.2) is 36.5 Å². The number of aromatic nitrogens is 2. The second-order valence-corrected chi connectivity index (χ2v) is 6.67. The maximum atomic E-state index is 11.2. The molecule has 0 aliphatic heterocycles. The highest BCUT2D eigenvalue weighted by Gasteiger charge is 2.18. The Labute approximate surface area is 121 Å². The summed E-state index contributed by atoms with van der Waals surface area (Å²) in [5.74, 6) is -1.39. The van der Waals surface area contributed by atoms with Crippen LogP contribution in [0, 0.1) is 0 Å². The maximum absolute atomic E-state index is 11.2.